The maximum absolute atomic E-state index is 13.0. The Balaban J connectivity index is 1.44. The van der Waals surface area contributed by atoms with E-state index in [0.29, 0.717) is 24.5 Å². The molecule has 0 spiro atoms. The molecule has 3 saturated heterocycles. The summed E-state index contributed by atoms with van der Waals surface area (Å²) >= 11 is 0. The molecule has 188 valence electrons. The molecule has 1 N–H and O–H groups in total. The first-order valence-corrected chi connectivity index (χ1v) is 12.1. The summed E-state index contributed by atoms with van der Waals surface area (Å²) in [7, 11) is 0. The topological polar surface area (TPSA) is 81.0 Å². The Morgan fingerprint density at radius 3 is 2.61 bits per heavy atom. The van der Waals surface area contributed by atoms with Crippen molar-refractivity contribution in [3.8, 4) is 6.07 Å². The SMILES string of the molecule is Cc1c(C#N)cccc1[C@@H](C)Nc1nnc(C)c2cnc(N3C[C@H]4CC[C@@H]3CN4CC(F)(F)F)cc12. The van der Waals surface area contributed by atoms with Gasteiger partial charge in [-0.05, 0) is 56.9 Å². The number of hydrogen-bond acceptors (Lipinski definition) is 7. The van der Waals surface area contributed by atoms with E-state index in [4.69, 9.17) is 0 Å². The van der Waals surface area contributed by atoms with Crippen molar-refractivity contribution in [2.24, 2.45) is 0 Å². The maximum atomic E-state index is 13.0. The molecule has 0 aliphatic carbocycles. The summed E-state index contributed by atoms with van der Waals surface area (Å²) in [4.78, 5) is 8.38. The lowest BCUT2D eigenvalue weighted by molar-refractivity contribution is -0.156. The van der Waals surface area contributed by atoms with Crippen LogP contribution >= 0.6 is 0 Å². The maximum Gasteiger partial charge on any atom is 0.401 e. The Labute approximate surface area is 207 Å². The van der Waals surface area contributed by atoms with Crippen molar-refractivity contribution < 1.29 is 13.2 Å². The fraction of sp³-hybridized carbons (Fsp3) is 0.462. The fourth-order valence-corrected chi connectivity index (χ4v) is 5.57. The van der Waals surface area contributed by atoms with E-state index in [1.807, 2.05) is 39.0 Å². The van der Waals surface area contributed by atoms with Crippen LogP contribution in [0.25, 0.3) is 10.8 Å². The van der Waals surface area contributed by atoms with Crippen LogP contribution in [0.4, 0.5) is 24.8 Å². The molecule has 3 fully saturated rings. The van der Waals surface area contributed by atoms with Gasteiger partial charge in [-0.1, -0.05) is 12.1 Å². The highest BCUT2D eigenvalue weighted by atomic mass is 19.4. The lowest BCUT2D eigenvalue weighted by Crippen LogP contribution is -2.64. The highest BCUT2D eigenvalue weighted by Gasteiger charge is 2.43. The van der Waals surface area contributed by atoms with Crippen LogP contribution in [0.1, 0.15) is 48.2 Å². The summed E-state index contributed by atoms with van der Waals surface area (Å²) in [6.45, 7) is 5.87. The van der Waals surface area contributed by atoms with E-state index >= 15 is 0 Å². The number of nitrogens with zero attached hydrogens (tertiary/aromatic N) is 6. The number of nitriles is 1. The Bertz CT molecular complexity index is 1330. The van der Waals surface area contributed by atoms with Gasteiger partial charge < -0.3 is 10.2 Å². The van der Waals surface area contributed by atoms with Crippen LogP contribution in [-0.2, 0) is 0 Å². The molecule has 0 radical (unpaired) electrons. The molecule has 0 amide bonds. The second-order valence-electron chi connectivity index (χ2n) is 9.80. The molecule has 7 nitrogen and oxygen atoms in total. The monoisotopic (exact) mass is 495 g/mol. The van der Waals surface area contributed by atoms with Gasteiger partial charge in [0, 0.05) is 42.1 Å². The zero-order valence-electron chi connectivity index (χ0n) is 20.5. The van der Waals surface area contributed by atoms with Crippen molar-refractivity contribution in [2.45, 2.75) is 57.9 Å². The lowest BCUT2D eigenvalue weighted by atomic mass is 9.90. The molecule has 2 aromatic heterocycles. The minimum atomic E-state index is -4.19. The third-order valence-corrected chi connectivity index (χ3v) is 7.47. The third-order valence-electron chi connectivity index (χ3n) is 7.47. The zero-order chi connectivity index (χ0) is 25.6. The van der Waals surface area contributed by atoms with E-state index in [9.17, 15) is 18.4 Å². The minimum Gasteiger partial charge on any atom is -0.362 e. The van der Waals surface area contributed by atoms with Crippen LogP contribution in [0.3, 0.4) is 0 Å². The number of anilines is 2. The van der Waals surface area contributed by atoms with Gasteiger partial charge in [-0.3, -0.25) is 4.90 Å². The lowest BCUT2D eigenvalue weighted by Gasteiger charge is -2.52. The molecular weight excluding hydrogens is 467 g/mol. The second-order valence-corrected chi connectivity index (χ2v) is 9.80. The number of piperidine rings is 2. The normalized spacial score (nSPS) is 21.0. The van der Waals surface area contributed by atoms with Gasteiger partial charge in [0.2, 0.25) is 0 Å². The van der Waals surface area contributed by atoms with E-state index in [2.05, 4.69) is 31.5 Å². The Kier molecular flexibility index (Phi) is 6.20. The first-order valence-electron chi connectivity index (χ1n) is 12.1. The number of rotatable bonds is 5. The minimum absolute atomic E-state index is 0.00935. The summed E-state index contributed by atoms with van der Waals surface area (Å²) in [6, 6.07) is 9.58. The number of aromatic nitrogens is 3. The van der Waals surface area contributed by atoms with Crippen molar-refractivity contribution in [1.82, 2.24) is 20.1 Å². The van der Waals surface area contributed by atoms with Gasteiger partial charge in [0.05, 0.1) is 29.9 Å². The van der Waals surface area contributed by atoms with Crippen LogP contribution < -0.4 is 10.2 Å². The first kappa shape index (κ1) is 24.3. The van der Waals surface area contributed by atoms with E-state index in [-0.39, 0.29) is 18.1 Å². The highest BCUT2D eigenvalue weighted by Crippen LogP contribution is 2.36. The van der Waals surface area contributed by atoms with E-state index in [1.54, 1.807) is 17.2 Å². The third kappa shape index (κ3) is 4.55. The molecule has 0 unspecified atom stereocenters. The average Bonchev–Trinajstić information content (AvgIpc) is 2.85. The number of alkyl halides is 3. The Morgan fingerprint density at radius 1 is 1.14 bits per heavy atom. The fourth-order valence-electron chi connectivity index (χ4n) is 5.57. The number of nitrogens with one attached hydrogen (secondary N) is 1. The summed E-state index contributed by atoms with van der Waals surface area (Å²) in [5.74, 6) is 1.35. The zero-order valence-corrected chi connectivity index (χ0v) is 20.5. The molecular formula is C26H28F3N7. The van der Waals surface area contributed by atoms with Gasteiger partial charge in [0.15, 0.2) is 5.82 Å². The summed E-state index contributed by atoms with van der Waals surface area (Å²) in [5, 5.41) is 23.3. The Hall–Kier alpha value is -3.45. The van der Waals surface area contributed by atoms with Gasteiger partial charge in [-0.2, -0.15) is 23.5 Å². The number of benzene rings is 1. The van der Waals surface area contributed by atoms with Gasteiger partial charge in [-0.15, -0.1) is 5.10 Å². The van der Waals surface area contributed by atoms with Gasteiger partial charge in [0.1, 0.15) is 5.82 Å². The predicted octanol–water partition coefficient (Wildman–Crippen LogP) is 4.90. The number of halogens is 3. The number of piperazine rings is 1. The summed E-state index contributed by atoms with van der Waals surface area (Å²) < 4.78 is 39.1. The van der Waals surface area contributed by atoms with Crippen LogP contribution in [0.2, 0.25) is 0 Å². The highest BCUT2D eigenvalue weighted by molar-refractivity contribution is 5.94. The van der Waals surface area contributed by atoms with Crippen molar-refractivity contribution in [1.29, 1.82) is 5.26 Å². The second kappa shape index (κ2) is 9.21. The molecule has 2 bridgehead atoms. The van der Waals surface area contributed by atoms with Gasteiger partial charge >= 0.3 is 6.18 Å². The molecule has 3 aromatic rings. The van der Waals surface area contributed by atoms with Crippen LogP contribution in [0.5, 0.6) is 0 Å². The largest absolute Gasteiger partial charge is 0.401 e. The number of pyridine rings is 1. The van der Waals surface area contributed by atoms with Gasteiger partial charge in [-0.25, -0.2) is 4.98 Å². The molecule has 5 heterocycles. The number of fused-ring (bicyclic) bond motifs is 4. The Morgan fingerprint density at radius 2 is 1.92 bits per heavy atom. The van der Waals surface area contributed by atoms with Crippen LogP contribution in [0, 0.1) is 25.2 Å². The van der Waals surface area contributed by atoms with E-state index in [0.717, 1.165) is 46.3 Å². The number of hydrogen-bond donors (Lipinski definition) is 1. The van der Waals surface area contributed by atoms with Crippen molar-refractivity contribution in [2.75, 3.05) is 29.9 Å². The summed E-state index contributed by atoms with van der Waals surface area (Å²) in [6.07, 6.45) is -0.798. The molecule has 0 saturated carbocycles. The predicted molar refractivity (Wildman–Crippen MR) is 132 cm³/mol. The van der Waals surface area contributed by atoms with Crippen molar-refractivity contribution in [3.05, 3.63) is 52.8 Å². The molecule has 3 aliphatic rings. The van der Waals surface area contributed by atoms with Crippen molar-refractivity contribution >= 4 is 22.4 Å². The first-order chi connectivity index (χ1) is 17.1. The standard InChI is InChI=1S/C26H28F3N7/c1-15-18(10-30)5-4-6-21(15)16(2)32-25-22-9-24(31-11-23(22)17(3)33-34-25)36-13-19-7-8-20(36)12-35(19)14-26(27,28)29/h4-6,9,11,16,19-20H,7-8,12-14H2,1-3H3,(H,32,34)/t16-,19-,20-/m1/s1. The molecule has 3 aliphatic heterocycles. The number of aryl methyl sites for hydroxylation is 1. The van der Waals surface area contributed by atoms with Crippen LogP contribution in [0.15, 0.2) is 30.5 Å². The van der Waals surface area contributed by atoms with Crippen LogP contribution in [-0.4, -0.2) is 58.0 Å². The molecule has 36 heavy (non-hydrogen) atoms. The summed E-state index contributed by atoms with van der Waals surface area (Å²) in [5.41, 5.74) is 3.30. The smallest absolute Gasteiger partial charge is 0.362 e. The van der Waals surface area contributed by atoms with E-state index < -0.39 is 12.7 Å². The van der Waals surface area contributed by atoms with Crippen molar-refractivity contribution in [3.63, 3.8) is 0 Å². The molecule has 3 atom stereocenters. The molecule has 6 rings (SSSR count). The molecule has 10 heteroatoms. The average molecular weight is 496 g/mol. The van der Waals surface area contributed by atoms with Gasteiger partial charge in [0.25, 0.3) is 0 Å². The van der Waals surface area contributed by atoms with E-state index in [1.165, 1.54) is 0 Å². The molecule has 1 aromatic carbocycles. The quantitative estimate of drug-likeness (QED) is 0.539.